The third kappa shape index (κ3) is 6.43. The number of amides is 1. The van der Waals surface area contributed by atoms with Crippen molar-refractivity contribution in [1.82, 2.24) is 0 Å². The molecule has 0 aliphatic carbocycles. The predicted octanol–water partition coefficient (Wildman–Crippen LogP) is 3.79. The Morgan fingerprint density at radius 2 is 1.71 bits per heavy atom. The van der Waals surface area contributed by atoms with Gasteiger partial charge in [-0.15, -0.1) is 11.8 Å². The van der Waals surface area contributed by atoms with Gasteiger partial charge in [0.15, 0.2) is 11.5 Å². The van der Waals surface area contributed by atoms with Crippen LogP contribution in [0.2, 0.25) is 0 Å². The molecule has 0 radical (unpaired) electrons. The van der Waals surface area contributed by atoms with Gasteiger partial charge in [-0.3, -0.25) is 9.79 Å². The number of allylic oxidation sites excluding steroid dienone is 1. The maximum atomic E-state index is 13.1. The number of aliphatic imine (C=N–C) groups is 1. The molecule has 0 bridgehead atoms. The van der Waals surface area contributed by atoms with Crippen LogP contribution in [0.25, 0.3) is 0 Å². The van der Waals surface area contributed by atoms with Crippen molar-refractivity contribution in [3.05, 3.63) is 70.3 Å². The fraction of sp³-hybridized carbons (Fsp3) is 0.240. The molecule has 10 heteroatoms. The second kappa shape index (κ2) is 12.1. The SMILES string of the molecule is COC(=O)c1cc(CSC2=CN=CC=CC2N)cc(NC(=O)c2cc(OC)c(OC)c(OC)c2)c1. The van der Waals surface area contributed by atoms with Crippen LogP contribution in [-0.4, -0.2) is 52.6 Å². The van der Waals surface area contributed by atoms with E-state index in [4.69, 9.17) is 24.7 Å². The molecule has 0 aromatic heterocycles. The molecular formula is C25H27N3O6S. The Morgan fingerprint density at radius 3 is 2.34 bits per heavy atom. The van der Waals surface area contributed by atoms with Crippen molar-refractivity contribution in [2.75, 3.05) is 33.8 Å². The topological polar surface area (TPSA) is 121 Å². The Balaban J connectivity index is 1.88. The second-order valence-electron chi connectivity index (χ2n) is 7.31. The van der Waals surface area contributed by atoms with Crippen LogP contribution in [0.3, 0.4) is 0 Å². The summed E-state index contributed by atoms with van der Waals surface area (Å²) in [6, 6.07) is 7.88. The van der Waals surface area contributed by atoms with E-state index in [2.05, 4.69) is 10.3 Å². The van der Waals surface area contributed by atoms with E-state index in [0.29, 0.717) is 34.3 Å². The van der Waals surface area contributed by atoms with Gasteiger partial charge in [-0.25, -0.2) is 4.79 Å². The van der Waals surface area contributed by atoms with Gasteiger partial charge >= 0.3 is 5.97 Å². The largest absolute Gasteiger partial charge is 0.493 e. The molecule has 3 rings (SSSR count). The zero-order valence-corrected chi connectivity index (χ0v) is 20.7. The molecule has 2 aromatic rings. The number of nitrogens with one attached hydrogen (secondary N) is 1. The molecule has 2 aromatic carbocycles. The number of carbonyl (C=O) groups excluding carboxylic acids is 2. The van der Waals surface area contributed by atoms with Gasteiger partial charge in [0.25, 0.3) is 5.91 Å². The highest BCUT2D eigenvalue weighted by Gasteiger charge is 2.18. The molecule has 9 nitrogen and oxygen atoms in total. The fourth-order valence-electron chi connectivity index (χ4n) is 3.32. The average molecular weight is 498 g/mol. The number of carbonyl (C=O) groups is 2. The van der Waals surface area contributed by atoms with E-state index in [0.717, 1.165) is 10.5 Å². The number of hydrogen-bond acceptors (Lipinski definition) is 9. The highest BCUT2D eigenvalue weighted by atomic mass is 32.2. The van der Waals surface area contributed by atoms with Crippen molar-refractivity contribution in [3.8, 4) is 17.2 Å². The molecule has 3 N–H and O–H groups in total. The van der Waals surface area contributed by atoms with Crippen molar-refractivity contribution in [1.29, 1.82) is 0 Å². The van der Waals surface area contributed by atoms with Gasteiger partial charge < -0.3 is 30.0 Å². The van der Waals surface area contributed by atoms with E-state index in [1.165, 1.54) is 40.2 Å². The minimum atomic E-state index is -0.516. The summed E-state index contributed by atoms with van der Waals surface area (Å²) in [6.45, 7) is 0. The van der Waals surface area contributed by atoms with Crippen molar-refractivity contribution >= 4 is 35.5 Å². The first-order valence-electron chi connectivity index (χ1n) is 10.5. The summed E-state index contributed by atoms with van der Waals surface area (Å²) in [4.78, 5) is 30.4. The van der Waals surface area contributed by atoms with Crippen LogP contribution >= 0.6 is 11.8 Å². The smallest absolute Gasteiger partial charge is 0.337 e. The van der Waals surface area contributed by atoms with E-state index in [9.17, 15) is 9.59 Å². The van der Waals surface area contributed by atoms with E-state index >= 15 is 0 Å². The number of esters is 1. The number of ether oxygens (including phenoxy) is 4. The lowest BCUT2D eigenvalue weighted by Gasteiger charge is -2.15. The molecule has 35 heavy (non-hydrogen) atoms. The normalized spacial score (nSPS) is 14.5. The molecular weight excluding hydrogens is 470 g/mol. The maximum Gasteiger partial charge on any atom is 0.337 e. The average Bonchev–Trinajstić information content (AvgIpc) is 3.09. The Morgan fingerprint density at radius 1 is 1.00 bits per heavy atom. The van der Waals surface area contributed by atoms with Crippen LogP contribution in [-0.2, 0) is 10.5 Å². The first kappa shape index (κ1) is 25.9. The zero-order chi connectivity index (χ0) is 25.4. The van der Waals surface area contributed by atoms with E-state index < -0.39 is 11.9 Å². The number of hydrogen-bond donors (Lipinski definition) is 2. The molecule has 1 amide bonds. The first-order valence-corrected chi connectivity index (χ1v) is 11.5. The maximum absolute atomic E-state index is 13.1. The number of anilines is 1. The number of methoxy groups -OCH3 is 4. The second-order valence-corrected chi connectivity index (χ2v) is 8.36. The Bertz CT molecular complexity index is 1170. The van der Waals surface area contributed by atoms with Crippen LogP contribution in [0.4, 0.5) is 5.69 Å². The summed E-state index contributed by atoms with van der Waals surface area (Å²) in [5, 5.41) is 2.83. The molecule has 0 spiro atoms. The van der Waals surface area contributed by atoms with Crippen LogP contribution in [0, 0.1) is 0 Å². The van der Waals surface area contributed by atoms with Crippen LogP contribution < -0.4 is 25.3 Å². The number of nitrogens with two attached hydrogens (primary N) is 1. The lowest BCUT2D eigenvalue weighted by molar-refractivity contribution is 0.0600. The van der Waals surface area contributed by atoms with Crippen molar-refractivity contribution in [3.63, 3.8) is 0 Å². The Kier molecular flexibility index (Phi) is 8.93. The summed E-state index contributed by atoms with van der Waals surface area (Å²) in [7, 11) is 5.73. The summed E-state index contributed by atoms with van der Waals surface area (Å²) in [6.07, 6.45) is 7.03. The Hall–Kier alpha value is -3.76. The number of nitrogens with zero attached hydrogens (tertiary/aromatic N) is 1. The molecule has 0 saturated heterocycles. The van der Waals surface area contributed by atoms with Crippen LogP contribution in [0.1, 0.15) is 26.3 Å². The monoisotopic (exact) mass is 497 g/mol. The summed E-state index contributed by atoms with van der Waals surface area (Å²) < 4.78 is 20.9. The predicted molar refractivity (Wildman–Crippen MR) is 137 cm³/mol. The molecule has 0 fully saturated rings. The standard InChI is InChI=1S/C25H27N3O6S/c1-31-20-11-16(12-21(32-2)23(20)33-3)24(29)28-18-9-15(8-17(10-18)25(30)34-4)14-35-22-13-27-7-5-6-19(22)26/h5-13,19H,14,26H2,1-4H3,(H,28,29). The lowest BCUT2D eigenvalue weighted by Crippen LogP contribution is -2.17. The molecule has 1 atom stereocenters. The molecule has 184 valence electrons. The van der Waals surface area contributed by atoms with E-state index in [1.807, 2.05) is 6.08 Å². The molecule has 1 heterocycles. The minimum absolute atomic E-state index is 0.273. The fourth-order valence-corrected chi connectivity index (χ4v) is 4.22. The minimum Gasteiger partial charge on any atom is -0.493 e. The van der Waals surface area contributed by atoms with Gasteiger partial charge in [-0.1, -0.05) is 6.08 Å². The van der Waals surface area contributed by atoms with Gasteiger partial charge in [-0.05, 0) is 42.0 Å². The molecule has 0 saturated carbocycles. The summed E-state index contributed by atoms with van der Waals surface area (Å²) >= 11 is 1.50. The van der Waals surface area contributed by atoms with E-state index in [-0.39, 0.29) is 11.6 Å². The molecule has 1 unspecified atom stereocenters. The quantitative estimate of drug-likeness (QED) is 0.502. The van der Waals surface area contributed by atoms with Gasteiger partial charge in [0.05, 0.1) is 40.0 Å². The molecule has 1 aliphatic heterocycles. The molecule has 1 aliphatic rings. The van der Waals surface area contributed by atoms with Gasteiger partial charge in [0, 0.05) is 34.3 Å². The first-order chi connectivity index (χ1) is 16.9. The highest BCUT2D eigenvalue weighted by molar-refractivity contribution is 8.02. The summed E-state index contributed by atoms with van der Waals surface area (Å²) in [5.41, 5.74) is 7.98. The van der Waals surface area contributed by atoms with Crippen molar-refractivity contribution < 1.29 is 28.5 Å². The van der Waals surface area contributed by atoms with Crippen LogP contribution in [0.5, 0.6) is 17.2 Å². The van der Waals surface area contributed by atoms with Gasteiger partial charge in [0.1, 0.15) is 0 Å². The van der Waals surface area contributed by atoms with Crippen LogP contribution in [0.15, 0.2) is 58.6 Å². The Labute approximate surface area is 208 Å². The lowest BCUT2D eigenvalue weighted by atomic mass is 10.1. The number of thioether (sulfide) groups is 1. The summed E-state index contributed by atoms with van der Waals surface area (Å²) in [5.74, 6) is 0.643. The third-order valence-electron chi connectivity index (χ3n) is 5.03. The third-order valence-corrected chi connectivity index (χ3v) is 6.21. The van der Waals surface area contributed by atoms with Gasteiger partial charge in [-0.2, -0.15) is 0 Å². The van der Waals surface area contributed by atoms with E-state index in [1.54, 1.807) is 48.8 Å². The van der Waals surface area contributed by atoms with Crippen molar-refractivity contribution in [2.24, 2.45) is 10.7 Å². The number of rotatable bonds is 9. The highest BCUT2D eigenvalue weighted by Crippen LogP contribution is 2.38. The van der Waals surface area contributed by atoms with Crippen molar-refractivity contribution in [2.45, 2.75) is 11.8 Å². The number of benzene rings is 2. The van der Waals surface area contributed by atoms with Gasteiger partial charge in [0.2, 0.25) is 5.75 Å². The zero-order valence-electron chi connectivity index (χ0n) is 19.9.